The Morgan fingerprint density at radius 2 is 1.78 bits per heavy atom. The van der Waals surface area contributed by atoms with Crippen LogP contribution in [0.1, 0.15) is 28.7 Å². The topological polar surface area (TPSA) is 96.0 Å². The van der Waals surface area contributed by atoms with E-state index in [1.807, 2.05) is 12.1 Å². The fraction of sp³-hybridized carbons (Fsp3) is 0.280. The molecule has 1 aromatic heterocycles. The Morgan fingerprint density at radius 3 is 2.50 bits per heavy atom. The monoisotopic (exact) mass is 424 g/mol. The summed E-state index contributed by atoms with van der Waals surface area (Å²) in [5.41, 5.74) is 4.96. The number of fused-ring (bicyclic) bond motifs is 1. The number of nitriles is 2. The van der Waals surface area contributed by atoms with Gasteiger partial charge in [-0.25, -0.2) is 9.78 Å². The Labute approximate surface area is 187 Å². The standard InChI is InChI=1S/C25H24N6O/c1-17-4-7-20-14-21(16-27)24(29-23(20)18(17)2)30-10-3-11-31(13-12-30)25(32)28-22-8-5-19(15-26)6-9-22/h4-9,14H,3,10-13H2,1-2H3,(H,28,32). The zero-order chi connectivity index (χ0) is 22.7. The normalized spacial score (nSPS) is 13.9. The number of aromatic nitrogens is 1. The molecule has 2 aromatic carbocycles. The van der Waals surface area contributed by atoms with E-state index in [0.29, 0.717) is 42.3 Å². The number of hydrogen-bond donors (Lipinski definition) is 1. The van der Waals surface area contributed by atoms with Crippen LogP contribution in [0.2, 0.25) is 0 Å². The average Bonchev–Trinajstić information content (AvgIpc) is 3.07. The van der Waals surface area contributed by atoms with Crippen LogP contribution in [0.25, 0.3) is 10.9 Å². The van der Waals surface area contributed by atoms with Gasteiger partial charge in [-0.3, -0.25) is 0 Å². The highest BCUT2D eigenvalue weighted by Crippen LogP contribution is 2.27. The van der Waals surface area contributed by atoms with Crippen molar-refractivity contribution in [3.63, 3.8) is 0 Å². The summed E-state index contributed by atoms with van der Waals surface area (Å²) in [6.45, 7) is 6.58. The number of urea groups is 1. The molecule has 0 radical (unpaired) electrons. The van der Waals surface area contributed by atoms with Gasteiger partial charge in [0.1, 0.15) is 11.9 Å². The molecule has 2 amide bonds. The van der Waals surface area contributed by atoms with Gasteiger partial charge in [-0.05, 0) is 61.7 Å². The van der Waals surface area contributed by atoms with Crippen molar-refractivity contribution < 1.29 is 4.79 Å². The smallest absolute Gasteiger partial charge is 0.321 e. The van der Waals surface area contributed by atoms with E-state index < -0.39 is 0 Å². The lowest BCUT2D eigenvalue weighted by atomic mass is 10.0. The van der Waals surface area contributed by atoms with Crippen molar-refractivity contribution in [2.24, 2.45) is 0 Å². The minimum absolute atomic E-state index is 0.171. The predicted molar refractivity (Wildman–Crippen MR) is 125 cm³/mol. The summed E-state index contributed by atoms with van der Waals surface area (Å²) in [7, 11) is 0. The van der Waals surface area contributed by atoms with E-state index >= 15 is 0 Å². The molecule has 0 unspecified atom stereocenters. The molecule has 0 saturated carbocycles. The summed E-state index contributed by atoms with van der Waals surface area (Å²) >= 11 is 0. The molecule has 7 nitrogen and oxygen atoms in total. The molecule has 0 bridgehead atoms. The van der Waals surface area contributed by atoms with Gasteiger partial charge < -0.3 is 15.1 Å². The van der Waals surface area contributed by atoms with Gasteiger partial charge in [0.15, 0.2) is 0 Å². The van der Waals surface area contributed by atoms with Gasteiger partial charge in [-0.1, -0.05) is 12.1 Å². The van der Waals surface area contributed by atoms with E-state index in [4.69, 9.17) is 10.2 Å². The number of nitrogens with one attached hydrogen (secondary N) is 1. The summed E-state index contributed by atoms with van der Waals surface area (Å²) < 4.78 is 0. The van der Waals surface area contributed by atoms with Gasteiger partial charge in [0.2, 0.25) is 0 Å². The van der Waals surface area contributed by atoms with Gasteiger partial charge >= 0.3 is 6.03 Å². The lowest BCUT2D eigenvalue weighted by Crippen LogP contribution is -2.38. The highest BCUT2D eigenvalue weighted by atomic mass is 16.2. The molecule has 2 heterocycles. The van der Waals surface area contributed by atoms with Crippen LogP contribution in [0, 0.1) is 36.5 Å². The van der Waals surface area contributed by atoms with Crippen molar-refractivity contribution in [1.29, 1.82) is 10.5 Å². The van der Waals surface area contributed by atoms with Crippen LogP contribution in [0.5, 0.6) is 0 Å². The van der Waals surface area contributed by atoms with Gasteiger partial charge in [0, 0.05) is 37.3 Å². The highest BCUT2D eigenvalue weighted by Gasteiger charge is 2.22. The van der Waals surface area contributed by atoms with E-state index in [2.05, 4.69) is 42.3 Å². The fourth-order valence-electron chi connectivity index (χ4n) is 3.96. The Morgan fingerprint density at radius 1 is 1.00 bits per heavy atom. The number of aryl methyl sites for hydroxylation is 2. The van der Waals surface area contributed by atoms with E-state index in [1.54, 1.807) is 29.2 Å². The van der Waals surface area contributed by atoms with E-state index in [9.17, 15) is 10.1 Å². The first-order valence-electron chi connectivity index (χ1n) is 10.6. The van der Waals surface area contributed by atoms with Gasteiger partial charge in [0.05, 0.1) is 22.7 Å². The van der Waals surface area contributed by atoms with Crippen LogP contribution < -0.4 is 10.2 Å². The van der Waals surface area contributed by atoms with Crippen molar-refractivity contribution in [3.8, 4) is 12.1 Å². The maximum Gasteiger partial charge on any atom is 0.321 e. The highest BCUT2D eigenvalue weighted by molar-refractivity contribution is 5.89. The Hall–Kier alpha value is -4.10. The molecular weight excluding hydrogens is 400 g/mol. The SMILES string of the molecule is Cc1ccc2cc(C#N)c(N3CCCN(C(=O)Nc4ccc(C#N)cc4)CC3)nc2c1C. The summed E-state index contributed by atoms with van der Waals surface area (Å²) in [4.78, 5) is 21.5. The molecule has 1 aliphatic heterocycles. The molecular formula is C25H24N6O. The molecule has 32 heavy (non-hydrogen) atoms. The predicted octanol–water partition coefficient (Wildman–Crippen LogP) is 4.34. The minimum Gasteiger partial charge on any atom is -0.354 e. The molecule has 7 heteroatoms. The Kier molecular flexibility index (Phi) is 5.91. The zero-order valence-electron chi connectivity index (χ0n) is 18.2. The van der Waals surface area contributed by atoms with Crippen LogP contribution in [-0.4, -0.2) is 42.1 Å². The fourth-order valence-corrected chi connectivity index (χ4v) is 3.96. The van der Waals surface area contributed by atoms with Crippen LogP contribution in [0.4, 0.5) is 16.3 Å². The van der Waals surface area contributed by atoms with Crippen molar-refractivity contribution in [3.05, 3.63) is 64.7 Å². The van der Waals surface area contributed by atoms with Crippen LogP contribution in [0.15, 0.2) is 42.5 Å². The number of nitrogens with zero attached hydrogens (tertiary/aromatic N) is 5. The summed E-state index contributed by atoms with van der Waals surface area (Å²) in [6, 6.07) is 17.0. The lowest BCUT2D eigenvalue weighted by Gasteiger charge is -2.24. The molecule has 0 spiro atoms. The van der Waals surface area contributed by atoms with Gasteiger partial charge in [0.25, 0.3) is 0 Å². The summed E-state index contributed by atoms with van der Waals surface area (Å²) in [5.74, 6) is 0.683. The van der Waals surface area contributed by atoms with Crippen LogP contribution in [0.3, 0.4) is 0 Å². The minimum atomic E-state index is -0.171. The molecule has 1 fully saturated rings. The third-order valence-electron chi connectivity index (χ3n) is 5.96. The molecule has 160 valence electrons. The number of pyridine rings is 1. The number of amides is 2. The van der Waals surface area contributed by atoms with E-state index in [1.165, 1.54) is 5.56 Å². The second-order valence-corrected chi connectivity index (χ2v) is 8.00. The number of anilines is 2. The number of benzene rings is 2. The van der Waals surface area contributed by atoms with Crippen molar-refractivity contribution in [1.82, 2.24) is 9.88 Å². The number of carbonyl (C=O) groups excluding carboxylic acids is 1. The summed E-state index contributed by atoms with van der Waals surface area (Å²) in [5, 5.41) is 22.5. The molecule has 1 saturated heterocycles. The van der Waals surface area contributed by atoms with E-state index in [0.717, 1.165) is 29.4 Å². The largest absolute Gasteiger partial charge is 0.354 e. The first kappa shape index (κ1) is 21.1. The molecule has 3 aromatic rings. The molecule has 0 atom stereocenters. The Bertz CT molecular complexity index is 1250. The first-order chi connectivity index (χ1) is 15.5. The van der Waals surface area contributed by atoms with Gasteiger partial charge in [-0.2, -0.15) is 10.5 Å². The second kappa shape index (κ2) is 8.95. The second-order valence-electron chi connectivity index (χ2n) is 8.00. The molecule has 0 aliphatic carbocycles. The third kappa shape index (κ3) is 4.19. The third-order valence-corrected chi connectivity index (χ3v) is 5.96. The molecule has 1 N–H and O–H groups in total. The van der Waals surface area contributed by atoms with Crippen molar-refractivity contribution in [2.45, 2.75) is 20.3 Å². The van der Waals surface area contributed by atoms with Crippen molar-refractivity contribution >= 4 is 28.4 Å². The van der Waals surface area contributed by atoms with Crippen LogP contribution >= 0.6 is 0 Å². The quantitative estimate of drug-likeness (QED) is 0.660. The van der Waals surface area contributed by atoms with E-state index in [-0.39, 0.29) is 6.03 Å². The average molecular weight is 425 g/mol. The summed E-state index contributed by atoms with van der Waals surface area (Å²) in [6.07, 6.45) is 0.776. The maximum atomic E-state index is 12.8. The Balaban J connectivity index is 1.52. The maximum absolute atomic E-state index is 12.8. The number of carbonyl (C=O) groups is 1. The van der Waals surface area contributed by atoms with Gasteiger partial charge in [-0.15, -0.1) is 0 Å². The first-order valence-corrected chi connectivity index (χ1v) is 10.6. The number of hydrogen-bond acceptors (Lipinski definition) is 5. The molecule has 4 rings (SSSR count). The van der Waals surface area contributed by atoms with Crippen LogP contribution in [-0.2, 0) is 0 Å². The molecule has 1 aliphatic rings. The van der Waals surface area contributed by atoms with Crippen molar-refractivity contribution in [2.75, 3.05) is 36.4 Å². The number of rotatable bonds is 2. The lowest BCUT2D eigenvalue weighted by molar-refractivity contribution is 0.215. The zero-order valence-corrected chi connectivity index (χ0v) is 18.2.